The van der Waals surface area contributed by atoms with Gasteiger partial charge < -0.3 is 14.2 Å². The van der Waals surface area contributed by atoms with Gasteiger partial charge in [-0.2, -0.15) is 0 Å². The average Bonchev–Trinajstić information content (AvgIpc) is 3.18. The Morgan fingerprint density at radius 3 is 2.22 bits per heavy atom. The van der Waals surface area contributed by atoms with Crippen LogP contribution in [0.5, 0.6) is 0 Å². The summed E-state index contributed by atoms with van der Waals surface area (Å²) in [7, 11) is 2.35. The topological polar surface area (TPSA) is 96.0 Å². The number of methoxy groups -OCH3 is 2. The molecule has 0 saturated heterocycles. The molecule has 32 heavy (non-hydrogen) atoms. The van der Waals surface area contributed by atoms with E-state index in [1.807, 2.05) is 36.4 Å². The van der Waals surface area contributed by atoms with Crippen LogP contribution in [0.1, 0.15) is 24.8 Å². The van der Waals surface area contributed by atoms with Gasteiger partial charge in [0.1, 0.15) is 0 Å². The van der Waals surface area contributed by atoms with Crippen LogP contribution in [-0.2, 0) is 33.4 Å². The Labute approximate surface area is 186 Å². The maximum Gasteiger partial charge on any atom is 0.374 e. The first-order valence-corrected chi connectivity index (χ1v) is 10.3. The largest absolute Gasteiger partial charge is 0.468 e. The van der Waals surface area contributed by atoms with E-state index in [4.69, 9.17) is 14.2 Å². The van der Waals surface area contributed by atoms with Crippen LogP contribution in [0.4, 0.5) is 0 Å². The lowest BCUT2D eigenvalue weighted by Gasteiger charge is -2.32. The van der Waals surface area contributed by atoms with Crippen LogP contribution in [0.3, 0.4) is 0 Å². The van der Waals surface area contributed by atoms with Gasteiger partial charge in [0.05, 0.1) is 20.8 Å². The van der Waals surface area contributed by atoms with Gasteiger partial charge >= 0.3 is 17.9 Å². The Bertz CT molecular complexity index is 1050. The summed E-state index contributed by atoms with van der Waals surface area (Å²) in [5, 5.41) is 1.81. The molecule has 2 aromatic carbocycles. The zero-order chi connectivity index (χ0) is 23.5. The highest BCUT2D eigenvalue weighted by Crippen LogP contribution is 2.58. The molecule has 0 aromatic heterocycles. The molecule has 1 saturated carbocycles. The number of esters is 3. The molecule has 0 N–H and O–H groups in total. The van der Waals surface area contributed by atoms with Crippen molar-refractivity contribution < 1.29 is 33.4 Å². The lowest BCUT2D eigenvalue weighted by atomic mass is 9.70. The van der Waals surface area contributed by atoms with Crippen molar-refractivity contribution in [3.05, 3.63) is 60.7 Å². The van der Waals surface area contributed by atoms with Crippen molar-refractivity contribution in [3.8, 4) is 0 Å². The van der Waals surface area contributed by atoms with Crippen LogP contribution in [0.25, 0.3) is 10.8 Å². The van der Waals surface area contributed by atoms with Crippen molar-refractivity contribution >= 4 is 34.5 Å². The summed E-state index contributed by atoms with van der Waals surface area (Å²) in [6, 6.07) is 13.0. The molecule has 0 amide bonds. The van der Waals surface area contributed by atoms with Crippen LogP contribution in [-0.4, -0.2) is 44.5 Å². The average molecular weight is 438 g/mol. The third-order valence-electron chi connectivity index (χ3n) is 6.22. The minimum Gasteiger partial charge on any atom is -0.468 e. The molecular weight excluding hydrogens is 412 g/mol. The number of carbonyl (C=O) groups is 4. The van der Waals surface area contributed by atoms with E-state index in [0.29, 0.717) is 5.56 Å². The fourth-order valence-electron chi connectivity index (χ4n) is 4.85. The van der Waals surface area contributed by atoms with Crippen LogP contribution in [0, 0.1) is 17.3 Å². The van der Waals surface area contributed by atoms with Crippen molar-refractivity contribution in [2.75, 3.05) is 20.8 Å². The molecule has 1 aliphatic carbocycles. The smallest absolute Gasteiger partial charge is 0.374 e. The highest BCUT2D eigenvalue weighted by Gasteiger charge is 2.66. The van der Waals surface area contributed by atoms with E-state index in [1.54, 1.807) is 13.0 Å². The fraction of sp³-hybridized carbons (Fsp3) is 0.360. The van der Waals surface area contributed by atoms with Crippen LogP contribution in [0.15, 0.2) is 55.1 Å². The third-order valence-corrected chi connectivity index (χ3v) is 6.22. The molecule has 168 valence electrons. The maximum absolute atomic E-state index is 13.2. The summed E-state index contributed by atoms with van der Waals surface area (Å²) in [6.45, 7) is 5.41. The van der Waals surface area contributed by atoms with Gasteiger partial charge in [-0.3, -0.25) is 14.4 Å². The Morgan fingerprint density at radius 2 is 1.66 bits per heavy atom. The summed E-state index contributed by atoms with van der Waals surface area (Å²) in [4.78, 5) is 51.9. The summed E-state index contributed by atoms with van der Waals surface area (Å²) in [5.41, 5.74) is -1.27. The number of Topliss-reactive ketones (excluding diaryl/α,β-unsaturated/α-hetero) is 1. The van der Waals surface area contributed by atoms with Gasteiger partial charge in [0.25, 0.3) is 0 Å². The van der Waals surface area contributed by atoms with Crippen LogP contribution >= 0.6 is 0 Å². The molecule has 0 radical (unpaired) electrons. The molecule has 7 heteroatoms. The SMILES string of the molecule is C=C[C@H]1CC(C(=O)OC)(C(=O)OC)[C@H](c2ccc3ccccc3c2)[C@H]1C(=O)C(=O)OCC. The molecule has 0 unspecified atom stereocenters. The highest BCUT2D eigenvalue weighted by atomic mass is 16.5. The molecule has 0 spiro atoms. The van der Waals surface area contributed by atoms with Gasteiger partial charge in [-0.25, -0.2) is 4.79 Å². The summed E-state index contributed by atoms with van der Waals surface area (Å²) >= 11 is 0. The van der Waals surface area contributed by atoms with Crippen molar-refractivity contribution in [2.24, 2.45) is 17.3 Å². The molecule has 1 fully saturated rings. The van der Waals surface area contributed by atoms with E-state index < -0.39 is 46.9 Å². The summed E-state index contributed by atoms with van der Waals surface area (Å²) in [6.07, 6.45) is 1.41. The number of fused-ring (bicyclic) bond motifs is 1. The second kappa shape index (κ2) is 9.34. The van der Waals surface area contributed by atoms with Crippen molar-refractivity contribution in [1.29, 1.82) is 0 Å². The number of hydrogen-bond donors (Lipinski definition) is 0. The van der Waals surface area contributed by atoms with E-state index in [2.05, 4.69) is 6.58 Å². The molecule has 7 nitrogen and oxygen atoms in total. The summed E-state index contributed by atoms with van der Waals surface area (Å²) in [5.74, 6) is -6.19. The first kappa shape index (κ1) is 23.2. The fourth-order valence-corrected chi connectivity index (χ4v) is 4.85. The number of rotatable bonds is 7. The zero-order valence-electron chi connectivity index (χ0n) is 18.3. The van der Waals surface area contributed by atoms with Gasteiger partial charge in [0, 0.05) is 11.8 Å². The number of hydrogen-bond acceptors (Lipinski definition) is 7. The van der Waals surface area contributed by atoms with Crippen LogP contribution in [0.2, 0.25) is 0 Å². The number of carbonyl (C=O) groups excluding carboxylic acids is 4. The molecule has 0 heterocycles. The van der Waals surface area contributed by atoms with Gasteiger partial charge in [-0.15, -0.1) is 6.58 Å². The zero-order valence-corrected chi connectivity index (χ0v) is 18.3. The van der Waals surface area contributed by atoms with Gasteiger partial charge in [0.15, 0.2) is 5.41 Å². The van der Waals surface area contributed by atoms with Crippen molar-refractivity contribution in [2.45, 2.75) is 19.3 Å². The molecule has 3 rings (SSSR count). The van der Waals surface area contributed by atoms with E-state index in [1.165, 1.54) is 20.3 Å². The lowest BCUT2D eigenvalue weighted by molar-refractivity contribution is -0.171. The minimum absolute atomic E-state index is 0.0236. The Morgan fingerprint density at radius 1 is 1.03 bits per heavy atom. The minimum atomic E-state index is -1.82. The van der Waals surface area contributed by atoms with E-state index in [9.17, 15) is 19.2 Å². The highest BCUT2D eigenvalue weighted by molar-refractivity contribution is 6.35. The van der Waals surface area contributed by atoms with Gasteiger partial charge in [-0.1, -0.05) is 48.5 Å². The molecule has 2 aromatic rings. The first-order valence-electron chi connectivity index (χ1n) is 10.3. The van der Waals surface area contributed by atoms with E-state index in [-0.39, 0.29) is 13.0 Å². The maximum atomic E-state index is 13.2. The van der Waals surface area contributed by atoms with Crippen molar-refractivity contribution in [1.82, 2.24) is 0 Å². The predicted molar refractivity (Wildman–Crippen MR) is 117 cm³/mol. The molecular formula is C25H26O7. The molecule has 1 aliphatic rings. The van der Waals surface area contributed by atoms with Gasteiger partial charge in [-0.05, 0) is 35.6 Å². The van der Waals surface area contributed by atoms with E-state index in [0.717, 1.165) is 10.8 Å². The standard InChI is InChI=1S/C25H26O7/c1-5-15-14-25(23(28)30-3,24(29)31-4)20(19(15)21(26)22(27)32-6-2)18-12-11-16-9-7-8-10-17(16)13-18/h5,7-13,15,19-20H,1,6,14H2,2-4H3/t15-,19-,20+/m0/s1. The third kappa shape index (κ3) is 3.68. The normalized spacial score (nSPS) is 21.5. The van der Waals surface area contributed by atoms with Crippen LogP contribution < -0.4 is 0 Å². The molecule has 3 atom stereocenters. The number of allylic oxidation sites excluding steroid dienone is 1. The number of benzene rings is 2. The monoisotopic (exact) mass is 438 g/mol. The van der Waals surface area contributed by atoms with E-state index >= 15 is 0 Å². The Kier molecular flexibility index (Phi) is 6.77. The molecule has 0 aliphatic heterocycles. The van der Waals surface area contributed by atoms with Crippen molar-refractivity contribution in [3.63, 3.8) is 0 Å². The number of ether oxygens (including phenoxy) is 3. The second-order valence-corrected chi connectivity index (χ2v) is 7.75. The summed E-state index contributed by atoms with van der Waals surface area (Å²) < 4.78 is 15.0. The van der Waals surface area contributed by atoms with Gasteiger partial charge in [0.2, 0.25) is 5.78 Å². The molecule has 0 bridgehead atoms. The number of ketones is 1. The quantitative estimate of drug-likeness (QED) is 0.215. The Hall–Kier alpha value is -3.48. The lowest BCUT2D eigenvalue weighted by Crippen LogP contribution is -2.45. The Balaban J connectivity index is 2.29. The predicted octanol–water partition coefficient (Wildman–Crippen LogP) is 3.21. The first-order chi connectivity index (χ1) is 15.3. The second-order valence-electron chi connectivity index (χ2n) is 7.75.